The summed E-state index contributed by atoms with van der Waals surface area (Å²) in [6.07, 6.45) is 3.48. The predicted octanol–water partition coefficient (Wildman–Crippen LogP) is 5.48. The minimum atomic E-state index is -0.373. The van der Waals surface area contributed by atoms with Crippen LogP contribution in [0.1, 0.15) is 38.3 Å². The van der Waals surface area contributed by atoms with Gasteiger partial charge in [0, 0.05) is 17.3 Å². The second-order valence-corrected chi connectivity index (χ2v) is 7.17. The molecule has 2 heterocycles. The molecule has 0 aliphatic rings. The van der Waals surface area contributed by atoms with Crippen molar-refractivity contribution in [2.75, 3.05) is 0 Å². The Bertz CT molecular complexity index is 1220. The molecule has 0 unspecified atom stereocenters. The third kappa shape index (κ3) is 3.87. The molecule has 4 nitrogen and oxygen atoms in total. The van der Waals surface area contributed by atoms with E-state index in [1.807, 2.05) is 66.9 Å². The summed E-state index contributed by atoms with van der Waals surface area (Å²) in [6, 6.07) is 19.3. The highest BCUT2D eigenvalue weighted by atomic mass is 19.1. The van der Waals surface area contributed by atoms with E-state index in [1.165, 1.54) is 29.8 Å². The van der Waals surface area contributed by atoms with Gasteiger partial charge < -0.3 is 9.24 Å². The summed E-state index contributed by atoms with van der Waals surface area (Å²) < 4.78 is 15.1. The zero-order valence-corrected chi connectivity index (χ0v) is 16.8. The summed E-state index contributed by atoms with van der Waals surface area (Å²) >= 11 is 0. The number of rotatable bonds is 6. The molecule has 0 bridgehead atoms. The van der Waals surface area contributed by atoms with Crippen LogP contribution in [0.3, 0.4) is 0 Å². The number of ketones is 1. The smallest absolute Gasteiger partial charge is 0.210 e. The fourth-order valence-electron chi connectivity index (χ4n) is 3.42. The van der Waals surface area contributed by atoms with Crippen LogP contribution in [0.4, 0.5) is 4.39 Å². The number of hydrogen-bond donors (Lipinski definition) is 0. The van der Waals surface area contributed by atoms with Crippen molar-refractivity contribution < 1.29 is 14.0 Å². The van der Waals surface area contributed by atoms with Crippen LogP contribution in [0.15, 0.2) is 78.1 Å². The lowest BCUT2D eigenvalue weighted by molar-refractivity contribution is 0.103. The Morgan fingerprint density at radius 3 is 2.50 bits per heavy atom. The van der Waals surface area contributed by atoms with E-state index in [1.54, 1.807) is 6.21 Å². The quantitative estimate of drug-likeness (QED) is 0.244. The number of benzene rings is 2. The van der Waals surface area contributed by atoms with Crippen LogP contribution in [0.25, 0.3) is 5.52 Å². The zero-order valence-electron chi connectivity index (χ0n) is 16.8. The van der Waals surface area contributed by atoms with Crippen molar-refractivity contribution >= 4 is 17.5 Å². The largest absolute Gasteiger partial charge is 0.391 e. The molecule has 150 valence electrons. The average Bonchev–Trinajstić information content (AvgIpc) is 3.04. The van der Waals surface area contributed by atoms with Gasteiger partial charge in [-0.3, -0.25) is 4.79 Å². The first-order chi connectivity index (χ1) is 14.5. The highest BCUT2D eigenvalue weighted by molar-refractivity contribution is 6.11. The van der Waals surface area contributed by atoms with Crippen molar-refractivity contribution in [3.05, 3.63) is 112 Å². The first-order valence-corrected chi connectivity index (χ1v) is 9.65. The topological polar surface area (TPSA) is 43.1 Å². The lowest BCUT2D eigenvalue weighted by atomic mass is 10.0. The highest BCUT2D eigenvalue weighted by Gasteiger charge is 2.20. The summed E-state index contributed by atoms with van der Waals surface area (Å²) in [5, 5.41) is 4.13. The summed E-state index contributed by atoms with van der Waals surface area (Å²) in [5.41, 5.74) is 5.63. The standard InChI is InChI=1S/C25H21FN2O2/c1-17-6-8-19(9-7-17)16-30-27-15-22-18(2)24(28-14-4-3-5-23(22)28)25(29)20-10-12-21(26)13-11-20/h3-15H,16H2,1-2H3/b27-15+. The number of aromatic nitrogens is 1. The SMILES string of the molecule is Cc1ccc(CO/N=C/c2c(C)c(C(=O)c3ccc(F)cc3)n3ccccc23)cc1. The molecule has 5 heteroatoms. The zero-order chi connectivity index (χ0) is 21.1. The lowest BCUT2D eigenvalue weighted by Gasteiger charge is -2.04. The maximum atomic E-state index is 13.3. The van der Waals surface area contributed by atoms with Gasteiger partial charge in [-0.1, -0.05) is 41.1 Å². The van der Waals surface area contributed by atoms with E-state index in [9.17, 15) is 9.18 Å². The number of fused-ring (bicyclic) bond motifs is 1. The summed E-state index contributed by atoms with van der Waals surface area (Å²) in [6.45, 7) is 4.28. The normalized spacial score (nSPS) is 11.3. The van der Waals surface area contributed by atoms with Crippen molar-refractivity contribution in [2.24, 2.45) is 5.16 Å². The molecule has 0 saturated heterocycles. The Morgan fingerprint density at radius 1 is 1.03 bits per heavy atom. The molecule has 0 radical (unpaired) electrons. The molecule has 0 fully saturated rings. The number of carbonyl (C=O) groups is 1. The maximum absolute atomic E-state index is 13.3. The third-order valence-electron chi connectivity index (χ3n) is 5.07. The van der Waals surface area contributed by atoms with Crippen molar-refractivity contribution in [1.82, 2.24) is 4.40 Å². The third-order valence-corrected chi connectivity index (χ3v) is 5.07. The number of aryl methyl sites for hydroxylation is 1. The molecule has 0 spiro atoms. The van der Waals surface area contributed by atoms with Gasteiger partial charge in [0.05, 0.1) is 17.4 Å². The molecule has 30 heavy (non-hydrogen) atoms. The van der Waals surface area contributed by atoms with Crippen LogP contribution in [0.5, 0.6) is 0 Å². The van der Waals surface area contributed by atoms with Crippen LogP contribution >= 0.6 is 0 Å². The molecule has 0 atom stereocenters. The second-order valence-electron chi connectivity index (χ2n) is 7.17. The van der Waals surface area contributed by atoms with E-state index in [0.29, 0.717) is 17.9 Å². The van der Waals surface area contributed by atoms with Crippen LogP contribution in [-0.2, 0) is 11.4 Å². The Balaban J connectivity index is 1.64. The van der Waals surface area contributed by atoms with Crippen molar-refractivity contribution in [2.45, 2.75) is 20.5 Å². The molecule has 2 aromatic carbocycles. The molecule has 4 rings (SSSR count). The van der Waals surface area contributed by atoms with Crippen LogP contribution < -0.4 is 0 Å². The summed E-state index contributed by atoms with van der Waals surface area (Å²) in [4.78, 5) is 18.6. The van der Waals surface area contributed by atoms with Gasteiger partial charge in [-0.15, -0.1) is 0 Å². The summed E-state index contributed by atoms with van der Waals surface area (Å²) in [5.74, 6) is -0.546. The highest BCUT2D eigenvalue weighted by Crippen LogP contribution is 2.24. The fourth-order valence-corrected chi connectivity index (χ4v) is 3.42. The first-order valence-electron chi connectivity index (χ1n) is 9.65. The van der Waals surface area contributed by atoms with E-state index in [0.717, 1.165) is 22.2 Å². The van der Waals surface area contributed by atoms with Gasteiger partial charge in [0.15, 0.2) is 0 Å². The minimum absolute atomic E-state index is 0.172. The summed E-state index contributed by atoms with van der Waals surface area (Å²) in [7, 11) is 0. The van der Waals surface area contributed by atoms with Crippen molar-refractivity contribution in [3.8, 4) is 0 Å². The van der Waals surface area contributed by atoms with Gasteiger partial charge in [0.25, 0.3) is 0 Å². The number of hydrogen-bond acceptors (Lipinski definition) is 3. The van der Waals surface area contributed by atoms with E-state index >= 15 is 0 Å². The molecule has 0 saturated carbocycles. The van der Waals surface area contributed by atoms with E-state index in [-0.39, 0.29) is 11.6 Å². The molecular weight excluding hydrogens is 379 g/mol. The Hall–Kier alpha value is -3.73. The molecule has 4 aromatic rings. The van der Waals surface area contributed by atoms with E-state index < -0.39 is 0 Å². The number of halogens is 1. The van der Waals surface area contributed by atoms with Gasteiger partial charge >= 0.3 is 0 Å². The first kappa shape index (κ1) is 19.6. The fraction of sp³-hybridized carbons (Fsp3) is 0.120. The number of carbonyl (C=O) groups excluding carboxylic acids is 1. The molecule has 0 aliphatic carbocycles. The van der Waals surface area contributed by atoms with Crippen molar-refractivity contribution in [3.63, 3.8) is 0 Å². The minimum Gasteiger partial charge on any atom is -0.391 e. The molecule has 0 aliphatic heterocycles. The lowest BCUT2D eigenvalue weighted by Crippen LogP contribution is -2.07. The molecule has 2 aromatic heterocycles. The van der Waals surface area contributed by atoms with Gasteiger partial charge in [-0.25, -0.2) is 4.39 Å². The van der Waals surface area contributed by atoms with Crippen LogP contribution in [0, 0.1) is 19.7 Å². The number of nitrogens with zero attached hydrogens (tertiary/aromatic N) is 2. The Labute approximate surface area is 174 Å². The van der Waals surface area contributed by atoms with Gasteiger partial charge in [-0.2, -0.15) is 0 Å². The average molecular weight is 400 g/mol. The van der Waals surface area contributed by atoms with Crippen molar-refractivity contribution in [1.29, 1.82) is 0 Å². The van der Waals surface area contributed by atoms with Gasteiger partial charge in [0.1, 0.15) is 12.4 Å². The number of oxime groups is 1. The Morgan fingerprint density at radius 2 is 1.77 bits per heavy atom. The van der Waals surface area contributed by atoms with E-state index in [4.69, 9.17) is 4.84 Å². The molecular formula is C25H21FN2O2. The van der Waals surface area contributed by atoms with E-state index in [2.05, 4.69) is 5.16 Å². The Kier molecular flexibility index (Phi) is 5.44. The van der Waals surface area contributed by atoms with Gasteiger partial charge in [0.2, 0.25) is 5.78 Å². The van der Waals surface area contributed by atoms with Crippen LogP contribution in [-0.4, -0.2) is 16.4 Å². The van der Waals surface area contributed by atoms with Crippen LogP contribution in [0.2, 0.25) is 0 Å². The predicted molar refractivity (Wildman–Crippen MR) is 116 cm³/mol. The molecule has 0 N–H and O–H groups in total. The maximum Gasteiger partial charge on any atom is 0.210 e. The second kappa shape index (κ2) is 8.33. The number of pyridine rings is 1. The molecule has 0 amide bonds. The van der Waals surface area contributed by atoms with Gasteiger partial charge in [-0.05, 0) is 61.4 Å². The monoisotopic (exact) mass is 400 g/mol.